The Morgan fingerprint density at radius 3 is 2.52 bits per heavy atom. The highest BCUT2D eigenvalue weighted by molar-refractivity contribution is 6.24. The molecule has 2 saturated heterocycles. The molecule has 2 fully saturated rings. The molecule has 6 rings (SSSR count). The minimum Gasteiger partial charge on any atom is -0.454 e. The van der Waals surface area contributed by atoms with Crippen LogP contribution < -0.4 is 14.4 Å². The maximum absolute atomic E-state index is 13.8. The summed E-state index contributed by atoms with van der Waals surface area (Å²) in [6.07, 6.45) is 1.71. The van der Waals surface area contributed by atoms with Gasteiger partial charge in [-0.3, -0.25) is 19.4 Å². The number of amides is 2. The monoisotopic (exact) mass is 445 g/mol. The number of ether oxygens (including phenoxy) is 2. The summed E-state index contributed by atoms with van der Waals surface area (Å²) in [6, 6.07) is 11.4. The average Bonchev–Trinajstić information content (AvgIpc) is 3.45. The van der Waals surface area contributed by atoms with Crippen molar-refractivity contribution in [3.63, 3.8) is 0 Å². The van der Waals surface area contributed by atoms with Crippen LogP contribution in [0.1, 0.15) is 37.9 Å². The number of hydrogen-bond acceptors (Lipinski definition) is 7. The zero-order valence-corrected chi connectivity index (χ0v) is 18.5. The number of imide groups is 1. The van der Waals surface area contributed by atoms with Crippen LogP contribution in [0, 0.1) is 17.3 Å². The van der Waals surface area contributed by atoms with Crippen molar-refractivity contribution in [3.8, 4) is 11.5 Å². The van der Waals surface area contributed by atoms with Crippen LogP contribution >= 0.6 is 0 Å². The third-order valence-electron chi connectivity index (χ3n) is 6.92. The molecule has 8 nitrogen and oxygen atoms in total. The summed E-state index contributed by atoms with van der Waals surface area (Å²) in [6.45, 7) is 5.59. The predicted octanol–water partition coefficient (Wildman–Crippen LogP) is 2.91. The van der Waals surface area contributed by atoms with Crippen LogP contribution in [-0.4, -0.2) is 41.7 Å². The van der Waals surface area contributed by atoms with Gasteiger partial charge in [-0.15, -0.1) is 0 Å². The maximum atomic E-state index is 13.8. The van der Waals surface area contributed by atoms with Crippen molar-refractivity contribution in [1.82, 2.24) is 5.01 Å². The molecule has 2 aromatic carbocycles. The second-order valence-electron chi connectivity index (χ2n) is 9.86. The molecule has 0 saturated carbocycles. The molecular formula is C25H23N3O5. The topological polar surface area (TPSA) is 88.5 Å². The molecule has 0 radical (unpaired) electrons. The minimum atomic E-state index is -0.819. The Morgan fingerprint density at radius 1 is 1.00 bits per heavy atom. The van der Waals surface area contributed by atoms with E-state index < -0.39 is 29.3 Å². The van der Waals surface area contributed by atoms with Crippen LogP contribution in [-0.2, 0) is 14.4 Å². The van der Waals surface area contributed by atoms with Crippen LogP contribution in [0.15, 0.2) is 47.6 Å². The van der Waals surface area contributed by atoms with Crippen molar-refractivity contribution in [2.75, 3.05) is 11.7 Å². The number of benzene rings is 2. The number of nitrogens with zero attached hydrogens (tertiary/aromatic N) is 3. The molecule has 4 atom stereocenters. The number of carbonyl (C=O) groups is 3. The van der Waals surface area contributed by atoms with E-state index in [1.165, 1.54) is 4.90 Å². The highest BCUT2D eigenvalue weighted by Gasteiger charge is 2.66. The van der Waals surface area contributed by atoms with Gasteiger partial charge in [-0.05, 0) is 23.3 Å². The molecule has 0 spiro atoms. The number of rotatable bonds is 2. The first kappa shape index (κ1) is 20.0. The quantitative estimate of drug-likeness (QED) is 0.661. The fraction of sp³-hybridized carbons (Fsp3) is 0.360. The first-order valence-electron chi connectivity index (χ1n) is 11.0. The number of ketones is 1. The fourth-order valence-corrected chi connectivity index (χ4v) is 5.39. The lowest BCUT2D eigenvalue weighted by Gasteiger charge is -2.35. The molecule has 0 unspecified atom stereocenters. The highest BCUT2D eigenvalue weighted by atomic mass is 16.7. The Hall–Kier alpha value is -3.68. The molecule has 33 heavy (non-hydrogen) atoms. The SMILES string of the molecule is CC(C)(C)C(=O)[C@H]1[C@H]2C(=O)N(c3ccc4c(c3)OCO4)C(=O)[C@H]2[C@@H]2c3ccccc3C=NN12. The maximum Gasteiger partial charge on any atom is 0.240 e. The number of carbonyl (C=O) groups excluding carboxylic acids is 3. The molecule has 0 aromatic heterocycles. The molecular weight excluding hydrogens is 422 g/mol. The molecule has 2 amide bonds. The summed E-state index contributed by atoms with van der Waals surface area (Å²) < 4.78 is 10.8. The van der Waals surface area contributed by atoms with E-state index in [0.29, 0.717) is 17.2 Å². The van der Waals surface area contributed by atoms with Crippen LogP contribution in [0.3, 0.4) is 0 Å². The molecule has 4 heterocycles. The second kappa shape index (κ2) is 6.66. The number of fused-ring (bicyclic) bond motifs is 6. The Morgan fingerprint density at radius 2 is 1.73 bits per heavy atom. The third-order valence-corrected chi connectivity index (χ3v) is 6.92. The van der Waals surface area contributed by atoms with Gasteiger partial charge in [0.05, 0.1) is 29.8 Å². The molecule has 8 heteroatoms. The van der Waals surface area contributed by atoms with E-state index >= 15 is 0 Å². The van der Waals surface area contributed by atoms with Gasteiger partial charge in [-0.2, -0.15) is 5.10 Å². The predicted molar refractivity (Wildman–Crippen MR) is 119 cm³/mol. The lowest BCUT2D eigenvalue weighted by molar-refractivity contribution is -0.136. The molecule has 4 aliphatic heterocycles. The van der Waals surface area contributed by atoms with E-state index in [1.807, 2.05) is 45.0 Å². The fourth-order valence-electron chi connectivity index (χ4n) is 5.39. The number of hydrazone groups is 1. The Balaban J connectivity index is 1.49. The molecule has 0 aliphatic carbocycles. The normalized spacial score (nSPS) is 27.0. The minimum absolute atomic E-state index is 0.0971. The van der Waals surface area contributed by atoms with Crippen molar-refractivity contribution in [1.29, 1.82) is 0 Å². The average molecular weight is 445 g/mol. The standard InChI is InChI=1S/C25H23N3O5/c1-25(2,3)22(29)21-19-18(20-15-7-5-4-6-13(15)11-26-28(20)21)23(30)27(24(19)31)14-8-9-16-17(10-14)33-12-32-16/h4-11,18-21H,12H2,1-3H3/t18-,19+,20+,21-/m1/s1. The molecule has 168 valence electrons. The van der Waals surface area contributed by atoms with Gasteiger partial charge in [0.15, 0.2) is 17.3 Å². The Bertz CT molecular complexity index is 1250. The third kappa shape index (κ3) is 2.70. The van der Waals surface area contributed by atoms with E-state index in [0.717, 1.165) is 11.1 Å². The first-order valence-corrected chi connectivity index (χ1v) is 11.0. The van der Waals surface area contributed by atoms with Gasteiger partial charge in [-0.25, -0.2) is 4.90 Å². The molecule has 2 aromatic rings. The van der Waals surface area contributed by atoms with Crippen LogP contribution in [0.25, 0.3) is 0 Å². The lowest BCUT2D eigenvalue weighted by atomic mass is 9.79. The summed E-state index contributed by atoms with van der Waals surface area (Å²) >= 11 is 0. The zero-order valence-electron chi connectivity index (χ0n) is 18.5. The van der Waals surface area contributed by atoms with Gasteiger partial charge in [0.25, 0.3) is 0 Å². The van der Waals surface area contributed by atoms with Crippen LogP contribution in [0.2, 0.25) is 0 Å². The highest BCUT2D eigenvalue weighted by Crippen LogP contribution is 2.54. The number of anilines is 1. The Kier molecular flexibility index (Phi) is 4.03. The Labute approximate surface area is 190 Å². The van der Waals surface area contributed by atoms with E-state index in [1.54, 1.807) is 29.4 Å². The zero-order chi connectivity index (χ0) is 23.1. The van der Waals surface area contributed by atoms with Crippen LogP contribution in [0.5, 0.6) is 11.5 Å². The van der Waals surface area contributed by atoms with Gasteiger partial charge in [0.2, 0.25) is 18.6 Å². The van der Waals surface area contributed by atoms with E-state index in [9.17, 15) is 14.4 Å². The lowest BCUT2D eigenvalue weighted by Crippen LogP contribution is -2.48. The first-order chi connectivity index (χ1) is 15.8. The van der Waals surface area contributed by atoms with Gasteiger partial charge < -0.3 is 9.47 Å². The van der Waals surface area contributed by atoms with Crippen LogP contribution in [0.4, 0.5) is 5.69 Å². The second-order valence-corrected chi connectivity index (χ2v) is 9.86. The molecule has 4 aliphatic rings. The van der Waals surface area contributed by atoms with Crippen molar-refractivity contribution in [3.05, 3.63) is 53.6 Å². The van der Waals surface area contributed by atoms with E-state index in [4.69, 9.17) is 9.47 Å². The summed E-state index contributed by atoms with van der Waals surface area (Å²) in [5, 5.41) is 6.27. The van der Waals surface area contributed by atoms with Crippen molar-refractivity contribution in [2.24, 2.45) is 22.4 Å². The number of hydrogen-bond donors (Lipinski definition) is 0. The van der Waals surface area contributed by atoms with Gasteiger partial charge in [-0.1, -0.05) is 45.0 Å². The molecule has 0 N–H and O–H groups in total. The van der Waals surface area contributed by atoms with Crippen molar-refractivity contribution < 1.29 is 23.9 Å². The van der Waals surface area contributed by atoms with E-state index in [-0.39, 0.29) is 24.4 Å². The summed E-state index contributed by atoms with van der Waals surface area (Å²) in [4.78, 5) is 42.4. The summed E-state index contributed by atoms with van der Waals surface area (Å²) in [5.74, 6) is -1.28. The van der Waals surface area contributed by atoms with E-state index in [2.05, 4.69) is 5.10 Å². The van der Waals surface area contributed by atoms with Gasteiger partial charge in [0.1, 0.15) is 6.04 Å². The largest absolute Gasteiger partial charge is 0.454 e. The van der Waals surface area contributed by atoms with Gasteiger partial charge in [0, 0.05) is 11.5 Å². The molecule has 0 bridgehead atoms. The smallest absolute Gasteiger partial charge is 0.240 e. The van der Waals surface area contributed by atoms with Crippen molar-refractivity contribution >= 4 is 29.5 Å². The van der Waals surface area contributed by atoms with Gasteiger partial charge >= 0.3 is 0 Å². The number of Topliss-reactive ketones (excluding diaryl/α,β-unsaturated/α-hetero) is 1. The van der Waals surface area contributed by atoms with Crippen molar-refractivity contribution in [2.45, 2.75) is 32.9 Å². The summed E-state index contributed by atoms with van der Waals surface area (Å²) in [7, 11) is 0. The summed E-state index contributed by atoms with van der Waals surface area (Å²) in [5.41, 5.74) is 1.51.